The van der Waals surface area contributed by atoms with Gasteiger partial charge in [-0.3, -0.25) is 4.79 Å². The smallest absolute Gasteiger partial charge is 0.274 e. The molecule has 4 aromatic rings. The first-order valence-electron chi connectivity index (χ1n) is 10.7. The number of anilines is 1. The van der Waals surface area contributed by atoms with Crippen molar-refractivity contribution in [2.75, 3.05) is 38.2 Å². The number of aromatic nitrogens is 2. The Kier molecular flexibility index (Phi) is 5.79. The summed E-state index contributed by atoms with van der Waals surface area (Å²) in [5.41, 5.74) is 2.95. The van der Waals surface area contributed by atoms with Gasteiger partial charge in [-0.15, -0.1) is 0 Å². The molecule has 2 aromatic heterocycles. The average molecular weight is 463 g/mol. The summed E-state index contributed by atoms with van der Waals surface area (Å²) < 4.78 is 12.5. The van der Waals surface area contributed by atoms with E-state index in [1.807, 2.05) is 59.5 Å². The largest absolute Gasteiger partial charge is 0.497 e. The van der Waals surface area contributed by atoms with Crippen molar-refractivity contribution in [1.82, 2.24) is 14.7 Å². The Morgan fingerprint density at radius 2 is 1.76 bits per heavy atom. The highest BCUT2D eigenvalue weighted by molar-refractivity contribution is 6.30. The minimum Gasteiger partial charge on any atom is -0.497 e. The Balaban J connectivity index is 1.36. The number of furan rings is 1. The van der Waals surface area contributed by atoms with Crippen molar-refractivity contribution in [2.24, 2.45) is 0 Å². The van der Waals surface area contributed by atoms with Gasteiger partial charge in [0.2, 0.25) is 0 Å². The monoisotopic (exact) mass is 462 g/mol. The maximum absolute atomic E-state index is 13.3. The molecule has 0 radical (unpaired) electrons. The maximum atomic E-state index is 13.3. The first-order valence-corrected chi connectivity index (χ1v) is 11.1. The summed E-state index contributed by atoms with van der Waals surface area (Å²) in [5.74, 6) is 1.36. The van der Waals surface area contributed by atoms with E-state index in [0.29, 0.717) is 35.3 Å². The highest BCUT2D eigenvalue weighted by atomic mass is 35.5. The van der Waals surface area contributed by atoms with E-state index in [1.165, 1.54) is 0 Å². The number of benzene rings is 2. The number of carbonyl (C=O) groups excluding carboxylic acids is 1. The second-order valence-electron chi connectivity index (χ2n) is 7.76. The summed E-state index contributed by atoms with van der Waals surface area (Å²) in [6.45, 7) is 2.73. The highest BCUT2D eigenvalue weighted by Crippen LogP contribution is 2.27. The van der Waals surface area contributed by atoms with Crippen molar-refractivity contribution >= 4 is 23.2 Å². The van der Waals surface area contributed by atoms with Crippen LogP contribution in [0.25, 0.3) is 17.1 Å². The number of amides is 1. The number of rotatable bonds is 5. The molecule has 0 N–H and O–H groups in total. The van der Waals surface area contributed by atoms with Gasteiger partial charge in [-0.05, 0) is 54.6 Å². The summed E-state index contributed by atoms with van der Waals surface area (Å²) in [6, 6.07) is 20.8. The van der Waals surface area contributed by atoms with Crippen molar-refractivity contribution < 1.29 is 13.9 Å². The van der Waals surface area contributed by atoms with Crippen molar-refractivity contribution in [1.29, 1.82) is 0 Å². The third-order valence-corrected chi connectivity index (χ3v) is 5.99. The van der Waals surface area contributed by atoms with E-state index < -0.39 is 0 Å². The molecule has 1 aliphatic rings. The zero-order valence-electron chi connectivity index (χ0n) is 18.1. The van der Waals surface area contributed by atoms with Gasteiger partial charge in [0, 0.05) is 43.0 Å². The molecular formula is C25H23ClN4O3. The lowest BCUT2D eigenvalue weighted by Gasteiger charge is -2.35. The van der Waals surface area contributed by atoms with Crippen LogP contribution in [0.1, 0.15) is 10.5 Å². The van der Waals surface area contributed by atoms with Crippen molar-refractivity contribution in [2.45, 2.75) is 0 Å². The van der Waals surface area contributed by atoms with E-state index >= 15 is 0 Å². The molecule has 1 fully saturated rings. The van der Waals surface area contributed by atoms with Gasteiger partial charge in [0.05, 0.1) is 19.1 Å². The molecule has 7 nitrogen and oxygen atoms in total. The number of piperazine rings is 1. The topological polar surface area (TPSA) is 63.7 Å². The lowest BCUT2D eigenvalue weighted by Crippen LogP contribution is -2.48. The zero-order chi connectivity index (χ0) is 22.8. The molecule has 33 heavy (non-hydrogen) atoms. The Bertz CT molecular complexity index is 1240. The van der Waals surface area contributed by atoms with Crippen LogP contribution in [0.15, 0.2) is 77.4 Å². The van der Waals surface area contributed by atoms with Crippen LogP contribution in [0.4, 0.5) is 5.69 Å². The summed E-state index contributed by atoms with van der Waals surface area (Å²) >= 11 is 6.19. The number of methoxy groups -OCH3 is 1. The van der Waals surface area contributed by atoms with Crippen LogP contribution in [0.2, 0.25) is 5.02 Å². The summed E-state index contributed by atoms with van der Waals surface area (Å²) in [6.07, 6.45) is 1.60. The standard InChI is InChI=1S/C25H23ClN4O3/c1-32-21-9-7-19(8-10-21)28-11-13-29(14-12-28)25(31)22-17-23(24-6-3-15-33-24)30(27-22)20-5-2-4-18(26)16-20/h2-10,15-17H,11-14H2,1H3. The molecule has 1 aliphatic heterocycles. The normalized spacial score (nSPS) is 13.9. The van der Waals surface area contributed by atoms with Crippen molar-refractivity contribution in [3.63, 3.8) is 0 Å². The second-order valence-corrected chi connectivity index (χ2v) is 8.20. The second kappa shape index (κ2) is 9.03. The van der Waals surface area contributed by atoms with E-state index in [4.69, 9.17) is 20.8 Å². The van der Waals surface area contributed by atoms with Crippen LogP contribution in [0, 0.1) is 0 Å². The molecule has 0 atom stereocenters. The van der Waals surface area contributed by atoms with Gasteiger partial charge in [0.25, 0.3) is 5.91 Å². The maximum Gasteiger partial charge on any atom is 0.274 e. The molecule has 0 bridgehead atoms. The molecule has 5 rings (SSSR count). The van der Waals surface area contributed by atoms with Crippen LogP contribution < -0.4 is 9.64 Å². The van der Waals surface area contributed by atoms with E-state index in [0.717, 1.165) is 30.2 Å². The van der Waals surface area contributed by atoms with Gasteiger partial charge in [0.1, 0.15) is 11.4 Å². The highest BCUT2D eigenvalue weighted by Gasteiger charge is 2.26. The Morgan fingerprint density at radius 1 is 0.970 bits per heavy atom. The summed E-state index contributed by atoms with van der Waals surface area (Å²) in [4.78, 5) is 17.4. The summed E-state index contributed by atoms with van der Waals surface area (Å²) in [7, 11) is 1.66. The molecule has 2 aromatic carbocycles. The number of ether oxygens (including phenoxy) is 1. The van der Waals surface area contributed by atoms with Crippen molar-refractivity contribution in [3.8, 4) is 22.9 Å². The minimum atomic E-state index is -0.0991. The van der Waals surface area contributed by atoms with E-state index in [1.54, 1.807) is 30.2 Å². The SMILES string of the molecule is COc1ccc(N2CCN(C(=O)c3cc(-c4ccco4)n(-c4cccc(Cl)c4)n3)CC2)cc1. The fourth-order valence-electron chi connectivity index (χ4n) is 4.01. The lowest BCUT2D eigenvalue weighted by molar-refractivity contribution is 0.0740. The van der Waals surface area contributed by atoms with Crippen LogP contribution in [-0.2, 0) is 0 Å². The van der Waals surface area contributed by atoms with Crippen LogP contribution >= 0.6 is 11.6 Å². The quantitative estimate of drug-likeness (QED) is 0.428. The fourth-order valence-corrected chi connectivity index (χ4v) is 4.20. The van der Waals surface area contributed by atoms with Gasteiger partial charge in [-0.25, -0.2) is 4.68 Å². The van der Waals surface area contributed by atoms with Crippen LogP contribution in [-0.4, -0.2) is 53.9 Å². The molecular weight excluding hydrogens is 440 g/mol. The third kappa shape index (κ3) is 4.32. The Morgan fingerprint density at radius 3 is 2.42 bits per heavy atom. The zero-order valence-corrected chi connectivity index (χ0v) is 18.9. The molecule has 1 saturated heterocycles. The molecule has 0 aliphatic carbocycles. The Hall–Kier alpha value is -3.71. The molecule has 168 valence electrons. The Labute approximate surface area is 196 Å². The molecule has 3 heterocycles. The van der Waals surface area contributed by atoms with Crippen LogP contribution in [0.3, 0.4) is 0 Å². The number of hydrogen-bond donors (Lipinski definition) is 0. The summed E-state index contributed by atoms with van der Waals surface area (Å²) in [5, 5.41) is 5.22. The van der Waals surface area contributed by atoms with E-state index in [2.05, 4.69) is 10.00 Å². The van der Waals surface area contributed by atoms with Gasteiger partial charge < -0.3 is 19.0 Å². The van der Waals surface area contributed by atoms with Crippen molar-refractivity contribution in [3.05, 3.63) is 83.7 Å². The molecule has 0 unspecified atom stereocenters. The third-order valence-electron chi connectivity index (χ3n) is 5.76. The van der Waals surface area contributed by atoms with Gasteiger partial charge in [-0.2, -0.15) is 5.10 Å². The molecule has 0 saturated carbocycles. The van der Waals surface area contributed by atoms with Crippen LogP contribution in [0.5, 0.6) is 5.75 Å². The lowest BCUT2D eigenvalue weighted by atomic mass is 10.2. The van der Waals surface area contributed by atoms with E-state index in [-0.39, 0.29) is 5.91 Å². The fraction of sp³-hybridized carbons (Fsp3) is 0.200. The number of halogens is 1. The first-order chi connectivity index (χ1) is 16.1. The predicted molar refractivity (Wildman–Crippen MR) is 127 cm³/mol. The molecule has 0 spiro atoms. The molecule has 1 amide bonds. The number of carbonyl (C=O) groups is 1. The number of nitrogens with zero attached hydrogens (tertiary/aromatic N) is 4. The average Bonchev–Trinajstić information content (AvgIpc) is 3.54. The van der Waals surface area contributed by atoms with Gasteiger partial charge in [-0.1, -0.05) is 17.7 Å². The van der Waals surface area contributed by atoms with Gasteiger partial charge in [0.15, 0.2) is 11.5 Å². The predicted octanol–water partition coefficient (Wildman–Crippen LogP) is 4.76. The minimum absolute atomic E-state index is 0.0991. The number of hydrogen-bond acceptors (Lipinski definition) is 5. The molecule has 8 heteroatoms. The van der Waals surface area contributed by atoms with E-state index in [9.17, 15) is 4.79 Å². The van der Waals surface area contributed by atoms with Gasteiger partial charge >= 0.3 is 0 Å². The first kappa shape index (κ1) is 21.2.